The minimum atomic E-state index is -1.38. The Labute approximate surface area is 156 Å². The average molecular weight is 402 g/mol. The summed E-state index contributed by atoms with van der Waals surface area (Å²) in [6, 6.07) is 7.59. The van der Waals surface area contributed by atoms with Crippen LogP contribution in [0.15, 0.2) is 36.4 Å². The second-order valence-electron chi connectivity index (χ2n) is 5.05. The van der Waals surface area contributed by atoms with Crippen molar-refractivity contribution in [1.29, 1.82) is 0 Å². The third-order valence-corrected chi connectivity index (χ3v) is 5.21. The van der Waals surface area contributed by atoms with Crippen LogP contribution in [0.4, 0.5) is 0 Å². The van der Waals surface area contributed by atoms with Crippen molar-refractivity contribution in [1.82, 2.24) is 0 Å². The Morgan fingerprint density at radius 2 is 0.926 bits per heavy atom. The van der Waals surface area contributed by atoms with Gasteiger partial charge >= 0.3 is 23.9 Å². The van der Waals surface area contributed by atoms with Crippen LogP contribution >= 0.6 is 0 Å². The number of rotatable bonds is 8. The smallest absolute Gasteiger partial charge is 0.336 e. The van der Waals surface area contributed by atoms with Crippen LogP contribution in [0.2, 0.25) is 0 Å². The largest absolute Gasteiger partial charge is 0.478 e. The Bertz CT molecular complexity index is 864. The van der Waals surface area contributed by atoms with Crippen LogP contribution < -0.4 is 10.4 Å². The van der Waals surface area contributed by atoms with Gasteiger partial charge < -0.3 is 24.5 Å². The number of carboxylic acid groups (broad SMARTS) is 4. The van der Waals surface area contributed by atoms with Crippen LogP contribution in [0.5, 0.6) is 0 Å². The van der Waals surface area contributed by atoms with Crippen LogP contribution in [-0.2, 0) is 4.12 Å². The SMILES string of the molecule is O=C(O)c1ccc([Si]O[Si]c2ccc(C(=O)O)c(C(=O)O)c2)cc1C(=O)O. The first-order valence-electron chi connectivity index (χ1n) is 7.10. The zero-order valence-corrected chi connectivity index (χ0v) is 15.3. The highest BCUT2D eigenvalue weighted by Gasteiger charge is 2.18. The van der Waals surface area contributed by atoms with E-state index in [1.807, 2.05) is 0 Å². The molecule has 0 saturated carbocycles. The lowest BCUT2D eigenvalue weighted by atomic mass is 10.1. The molecule has 0 saturated heterocycles. The third kappa shape index (κ3) is 4.87. The van der Waals surface area contributed by atoms with Crippen molar-refractivity contribution in [3.63, 3.8) is 0 Å². The number of carboxylic acids is 4. The predicted octanol–water partition coefficient (Wildman–Crippen LogP) is -0.315. The fourth-order valence-corrected chi connectivity index (χ4v) is 3.94. The van der Waals surface area contributed by atoms with E-state index < -0.39 is 23.9 Å². The highest BCUT2D eigenvalue weighted by Crippen LogP contribution is 2.08. The second-order valence-corrected chi connectivity index (χ2v) is 7.43. The molecule has 2 aromatic carbocycles. The first-order chi connectivity index (χ1) is 12.7. The maximum atomic E-state index is 11.2. The molecule has 2 rings (SSSR count). The summed E-state index contributed by atoms with van der Waals surface area (Å²) in [6.45, 7) is 0. The monoisotopic (exact) mass is 402 g/mol. The molecule has 2 aromatic rings. The standard InChI is InChI=1S/C16H10O9Si2/c17-13(18)9-3-1-7(5-11(9)15(21)22)26-25-27-8-2-4-10(14(19)20)12(6-8)16(23)24/h1-6H,(H,17,18)(H,19,20)(H,21,22)(H,23,24). The minimum Gasteiger partial charge on any atom is -0.478 e. The van der Waals surface area contributed by atoms with E-state index in [4.69, 9.17) is 24.5 Å². The fraction of sp³-hybridized carbons (Fsp3) is 0. The maximum absolute atomic E-state index is 11.2. The first-order valence-corrected chi connectivity index (χ1v) is 8.91. The molecule has 0 amide bonds. The number of aromatic carboxylic acids is 4. The number of hydrogen-bond donors (Lipinski definition) is 4. The van der Waals surface area contributed by atoms with Gasteiger partial charge in [-0.15, -0.1) is 0 Å². The molecule has 0 aliphatic rings. The van der Waals surface area contributed by atoms with Crippen molar-refractivity contribution in [3.05, 3.63) is 58.7 Å². The molecule has 0 aliphatic carbocycles. The van der Waals surface area contributed by atoms with Gasteiger partial charge in [0.15, 0.2) is 0 Å². The van der Waals surface area contributed by atoms with Gasteiger partial charge in [-0.05, 0) is 34.6 Å². The van der Waals surface area contributed by atoms with Gasteiger partial charge in [0, 0.05) is 0 Å². The predicted molar refractivity (Wildman–Crippen MR) is 92.6 cm³/mol. The summed E-state index contributed by atoms with van der Waals surface area (Å²) in [5, 5.41) is 37.0. The van der Waals surface area contributed by atoms with E-state index in [1.165, 1.54) is 36.4 Å². The third-order valence-electron chi connectivity index (χ3n) is 3.30. The Hall–Kier alpha value is -3.29. The molecular formula is C16H10O9Si2. The van der Waals surface area contributed by atoms with Crippen molar-refractivity contribution >= 4 is 53.8 Å². The van der Waals surface area contributed by atoms with Gasteiger partial charge in [0.25, 0.3) is 19.5 Å². The lowest BCUT2D eigenvalue weighted by Gasteiger charge is -2.07. The molecule has 4 N–H and O–H groups in total. The molecular weight excluding hydrogens is 392 g/mol. The van der Waals surface area contributed by atoms with E-state index >= 15 is 0 Å². The van der Waals surface area contributed by atoms with E-state index in [1.54, 1.807) is 0 Å². The first kappa shape index (κ1) is 20.0. The van der Waals surface area contributed by atoms with Crippen molar-refractivity contribution in [3.8, 4) is 0 Å². The minimum absolute atomic E-state index is 0.315. The zero-order valence-electron chi connectivity index (χ0n) is 13.3. The Morgan fingerprint density at radius 1 is 0.593 bits per heavy atom. The summed E-state index contributed by atoms with van der Waals surface area (Å²) < 4.78 is 5.45. The van der Waals surface area contributed by atoms with Crippen molar-refractivity contribution in [2.45, 2.75) is 0 Å². The molecule has 11 heteroatoms. The van der Waals surface area contributed by atoms with Crippen LogP contribution in [0.25, 0.3) is 0 Å². The highest BCUT2D eigenvalue weighted by molar-refractivity contribution is 6.60. The van der Waals surface area contributed by atoms with Gasteiger partial charge in [-0.3, -0.25) is 0 Å². The number of benzene rings is 2. The zero-order chi connectivity index (χ0) is 20.1. The number of carbonyl (C=O) groups is 4. The maximum Gasteiger partial charge on any atom is 0.336 e. The normalized spacial score (nSPS) is 10.4. The Morgan fingerprint density at radius 3 is 1.22 bits per heavy atom. The Kier molecular flexibility index (Phi) is 6.23. The number of hydrogen-bond acceptors (Lipinski definition) is 5. The molecule has 0 aliphatic heterocycles. The van der Waals surface area contributed by atoms with Crippen LogP contribution in [0, 0.1) is 0 Å². The Balaban J connectivity index is 2.13. The summed E-state index contributed by atoms with van der Waals surface area (Å²) >= 11 is 0. The molecule has 0 unspecified atom stereocenters. The quantitative estimate of drug-likeness (QED) is 0.434. The second kappa shape index (κ2) is 8.40. The van der Waals surface area contributed by atoms with Gasteiger partial charge in [0.05, 0.1) is 22.3 Å². The van der Waals surface area contributed by atoms with Crippen LogP contribution in [0.1, 0.15) is 41.4 Å². The van der Waals surface area contributed by atoms with Gasteiger partial charge in [0.1, 0.15) is 0 Å². The highest BCUT2D eigenvalue weighted by atomic mass is 28.3. The molecule has 0 atom stereocenters. The van der Waals surface area contributed by atoms with Crippen LogP contribution in [0.3, 0.4) is 0 Å². The van der Waals surface area contributed by atoms with Crippen molar-refractivity contribution in [2.24, 2.45) is 0 Å². The molecule has 0 bridgehead atoms. The van der Waals surface area contributed by atoms with E-state index in [0.717, 1.165) is 0 Å². The summed E-state index contributed by atoms with van der Waals surface area (Å²) in [6.07, 6.45) is 0. The van der Waals surface area contributed by atoms with E-state index in [9.17, 15) is 19.2 Å². The van der Waals surface area contributed by atoms with E-state index in [-0.39, 0.29) is 41.8 Å². The summed E-state index contributed by atoms with van der Waals surface area (Å²) in [5.41, 5.74) is -1.40. The molecule has 27 heavy (non-hydrogen) atoms. The summed E-state index contributed by atoms with van der Waals surface area (Å²) in [5.74, 6) is -5.47. The lowest BCUT2D eigenvalue weighted by molar-refractivity contribution is 0.0651. The molecule has 4 radical (unpaired) electrons. The van der Waals surface area contributed by atoms with Crippen LogP contribution in [-0.4, -0.2) is 63.8 Å². The van der Waals surface area contributed by atoms with Gasteiger partial charge in [-0.25, -0.2) is 19.2 Å². The average Bonchev–Trinajstić information content (AvgIpc) is 2.61. The van der Waals surface area contributed by atoms with Crippen molar-refractivity contribution < 1.29 is 43.7 Å². The topological polar surface area (TPSA) is 158 Å². The van der Waals surface area contributed by atoms with Gasteiger partial charge in [-0.2, -0.15) is 0 Å². The lowest BCUT2D eigenvalue weighted by Crippen LogP contribution is -2.28. The summed E-state index contributed by atoms with van der Waals surface area (Å²) in [7, 11) is -0.629. The molecule has 136 valence electrons. The van der Waals surface area contributed by atoms with Gasteiger partial charge in [-0.1, -0.05) is 12.1 Å². The summed E-state index contributed by atoms with van der Waals surface area (Å²) in [4.78, 5) is 44.4. The van der Waals surface area contributed by atoms with Gasteiger partial charge in [0.2, 0.25) is 0 Å². The van der Waals surface area contributed by atoms with Crippen molar-refractivity contribution in [2.75, 3.05) is 0 Å². The molecule has 0 fully saturated rings. The molecule has 0 aromatic heterocycles. The molecule has 0 spiro atoms. The van der Waals surface area contributed by atoms with E-state index in [0.29, 0.717) is 10.4 Å². The molecule has 0 heterocycles. The molecule has 9 nitrogen and oxygen atoms in total. The fourth-order valence-electron chi connectivity index (χ4n) is 2.09. The van der Waals surface area contributed by atoms with E-state index in [2.05, 4.69) is 0 Å².